The summed E-state index contributed by atoms with van der Waals surface area (Å²) in [6.07, 6.45) is 1.14. The molecule has 4 heteroatoms. The molecule has 0 saturated heterocycles. The van der Waals surface area contributed by atoms with Crippen molar-refractivity contribution in [3.05, 3.63) is 28.2 Å². The number of ether oxygens (including phenoxy) is 2. The summed E-state index contributed by atoms with van der Waals surface area (Å²) in [4.78, 5) is 11.3. The standard InChI is InChI=1S/C12H15BrO3/c1-15-8-11(14)5-3-9-7-10(13)4-6-12(9)16-2/h4,6-7H,3,5,8H2,1-2H3. The van der Waals surface area contributed by atoms with Crippen LogP contribution in [-0.4, -0.2) is 26.6 Å². The molecular weight excluding hydrogens is 272 g/mol. The smallest absolute Gasteiger partial charge is 0.158 e. The highest BCUT2D eigenvalue weighted by Gasteiger charge is 2.07. The first-order chi connectivity index (χ1) is 7.67. The van der Waals surface area contributed by atoms with Crippen LogP contribution < -0.4 is 4.74 Å². The maximum Gasteiger partial charge on any atom is 0.158 e. The van der Waals surface area contributed by atoms with Gasteiger partial charge >= 0.3 is 0 Å². The topological polar surface area (TPSA) is 35.5 Å². The number of Topliss-reactive ketones (excluding diaryl/α,β-unsaturated/α-hetero) is 1. The van der Waals surface area contributed by atoms with Crippen LogP contribution in [0.2, 0.25) is 0 Å². The third-order valence-corrected chi connectivity index (χ3v) is 2.71. The van der Waals surface area contributed by atoms with Gasteiger partial charge < -0.3 is 9.47 Å². The summed E-state index contributed by atoms with van der Waals surface area (Å²) in [6.45, 7) is 0.177. The molecule has 0 unspecified atom stereocenters. The maximum absolute atomic E-state index is 11.3. The molecule has 1 aromatic rings. The van der Waals surface area contributed by atoms with Gasteiger partial charge in [0.2, 0.25) is 0 Å². The first kappa shape index (κ1) is 13.2. The number of methoxy groups -OCH3 is 2. The van der Waals surface area contributed by atoms with Crippen molar-refractivity contribution in [3.8, 4) is 5.75 Å². The van der Waals surface area contributed by atoms with Gasteiger partial charge in [0.1, 0.15) is 12.4 Å². The lowest BCUT2D eigenvalue weighted by atomic mass is 10.1. The van der Waals surface area contributed by atoms with E-state index in [0.717, 1.165) is 15.8 Å². The second-order valence-corrected chi connectivity index (χ2v) is 4.34. The van der Waals surface area contributed by atoms with Crippen LogP contribution >= 0.6 is 15.9 Å². The van der Waals surface area contributed by atoms with E-state index in [1.807, 2.05) is 18.2 Å². The third-order valence-electron chi connectivity index (χ3n) is 2.22. The number of rotatable bonds is 6. The predicted molar refractivity (Wildman–Crippen MR) is 65.9 cm³/mol. The quantitative estimate of drug-likeness (QED) is 0.806. The van der Waals surface area contributed by atoms with Gasteiger partial charge in [-0.25, -0.2) is 0 Å². The Bertz CT molecular complexity index is 363. The van der Waals surface area contributed by atoms with Crippen LogP contribution in [0, 0.1) is 0 Å². The van der Waals surface area contributed by atoms with Crippen molar-refractivity contribution in [1.29, 1.82) is 0 Å². The normalized spacial score (nSPS) is 10.2. The minimum atomic E-state index is 0.101. The molecule has 1 aromatic carbocycles. The number of halogens is 1. The number of aryl methyl sites for hydroxylation is 1. The molecule has 0 aliphatic heterocycles. The van der Waals surface area contributed by atoms with Crippen molar-refractivity contribution < 1.29 is 14.3 Å². The number of hydrogen-bond donors (Lipinski definition) is 0. The van der Waals surface area contributed by atoms with E-state index in [2.05, 4.69) is 15.9 Å². The SMILES string of the molecule is COCC(=O)CCc1cc(Br)ccc1OC. The highest BCUT2D eigenvalue weighted by molar-refractivity contribution is 9.10. The number of hydrogen-bond acceptors (Lipinski definition) is 3. The highest BCUT2D eigenvalue weighted by Crippen LogP contribution is 2.24. The maximum atomic E-state index is 11.3. The molecule has 0 spiro atoms. The van der Waals surface area contributed by atoms with E-state index in [0.29, 0.717) is 12.8 Å². The Labute approximate surface area is 104 Å². The van der Waals surface area contributed by atoms with E-state index < -0.39 is 0 Å². The average molecular weight is 287 g/mol. The monoisotopic (exact) mass is 286 g/mol. The van der Waals surface area contributed by atoms with Crippen LogP contribution in [-0.2, 0) is 16.0 Å². The molecule has 0 aliphatic rings. The van der Waals surface area contributed by atoms with Gasteiger partial charge in [0, 0.05) is 18.0 Å². The van der Waals surface area contributed by atoms with Crippen LogP contribution in [0.5, 0.6) is 5.75 Å². The summed E-state index contributed by atoms with van der Waals surface area (Å²) in [7, 11) is 3.15. The van der Waals surface area contributed by atoms with Crippen LogP contribution in [0.3, 0.4) is 0 Å². The fourth-order valence-corrected chi connectivity index (χ4v) is 1.86. The van der Waals surface area contributed by atoms with Crippen LogP contribution in [0.25, 0.3) is 0 Å². The number of carbonyl (C=O) groups excluding carboxylic acids is 1. The lowest BCUT2D eigenvalue weighted by Gasteiger charge is -2.08. The third kappa shape index (κ3) is 3.94. The van der Waals surface area contributed by atoms with E-state index in [9.17, 15) is 4.79 Å². The summed E-state index contributed by atoms with van der Waals surface area (Å²) in [5, 5.41) is 0. The molecule has 0 amide bonds. The largest absolute Gasteiger partial charge is 0.496 e. The summed E-state index contributed by atoms with van der Waals surface area (Å²) in [5.74, 6) is 0.915. The molecule has 1 rings (SSSR count). The molecule has 0 radical (unpaired) electrons. The molecule has 88 valence electrons. The molecule has 0 aromatic heterocycles. The van der Waals surface area contributed by atoms with Crippen molar-refractivity contribution in [2.45, 2.75) is 12.8 Å². The van der Waals surface area contributed by atoms with E-state index >= 15 is 0 Å². The number of carbonyl (C=O) groups is 1. The summed E-state index contributed by atoms with van der Waals surface area (Å²) in [6, 6.07) is 5.78. The van der Waals surface area contributed by atoms with E-state index in [4.69, 9.17) is 9.47 Å². The van der Waals surface area contributed by atoms with Crippen molar-refractivity contribution in [2.24, 2.45) is 0 Å². The van der Waals surface area contributed by atoms with Crippen LogP contribution in [0.4, 0.5) is 0 Å². The van der Waals surface area contributed by atoms with Gasteiger partial charge in [-0.2, -0.15) is 0 Å². The van der Waals surface area contributed by atoms with Crippen molar-refractivity contribution >= 4 is 21.7 Å². The van der Waals surface area contributed by atoms with Gasteiger partial charge in [0.15, 0.2) is 5.78 Å². The zero-order chi connectivity index (χ0) is 12.0. The molecule has 0 N–H and O–H groups in total. The fourth-order valence-electron chi connectivity index (χ4n) is 1.45. The zero-order valence-electron chi connectivity index (χ0n) is 9.46. The molecule has 3 nitrogen and oxygen atoms in total. The summed E-state index contributed by atoms with van der Waals surface area (Å²) in [5.41, 5.74) is 1.03. The van der Waals surface area contributed by atoms with Gasteiger partial charge in [-0.3, -0.25) is 4.79 Å². The second-order valence-electron chi connectivity index (χ2n) is 3.43. The Hall–Kier alpha value is -0.870. The van der Waals surface area contributed by atoms with Crippen LogP contribution in [0.15, 0.2) is 22.7 Å². The van der Waals surface area contributed by atoms with Crippen LogP contribution in [0.1, 0.15) is 12.0 Å². The lowest BCUT2D eigenvalue weighted by molar-refractivity contribution is -0.122. The molecule has 0 bridgehead atoms. The highest BCUT2D eigenvalue weighted by atomic mass is 79.9. The van der Waals surface area contributed by atoms with Gasteiger partial charge in [0.05, 0.1) is 7.11 Å². The molecule has 0 aliphatic carbocycles. The van der Waals surface area contributed by atoms with Gasteiger partial charge in [-0.05, 0) is 30.2 Å². The van der Waals surface area contributed by atoms with Crippen molar-refractivity contribution in [1.82, 2.24) is 0 Å². The van der Waals surface area contributed by atoms with E-state index in [-0.39, 0.29) is 12.4 Å². The predicted octanol–water partition coefficient (Wildman–Crippen LogP) is 2.61. The Morgan fingerprint density at radius 1 is 1.38 bits per heavy atom. The molecule has 0 atom stereocenters. The Kier molecular flexibility index (Phi) is 5.49. The average Bonchev–Trinajstić information content (AvgIpc) is 2.27. The van der Waals surface area contributed by atoms with E-state index in [1.165, 1.54) is 7.11 Å². The molecule has 0 saturated carbocycles. The van der Waals surface area contributed by atoms with Crippen molar-refractivity contribution in [3.63, 3.8) is 0 Å². The van der Waals surface area contributed by atoms with Gasteiger partial charge in [-0.1, -0.05) is 15.9 Å². The van der Waals surface area contributed by atoms with Gasteiger partial charge in [0.25, 0.3) is 0 Å². The number of benzene rings is 1. The Balaban J connectivity index is 2.65. The van der Waals surface area contributed by atoms with Gasteiger partial charge in [-0.15, -0.1) is 0 Å². The first-order valence-electron chi connectivity index (χ1n) is 5.00. The first-order valence-corrected chi connectivity index (χ1v) is 5.79. The molecular formula is C12H15BrO3. The minimum Gasteiger partial charge on any atom is -0.496 e. The second kappa shape index (κ2) is 6.66. The lowest BCUT2D eigenvalue weighted by Crippen LogP contribution is -2.07. The summed E-state index contributed by atoms with van der Waals surface area (Å²) >= 11 is 3.40. The summed E-state index contributed by atoms with van der Waals surface area (Å²) < 4.78 is 11.0. The number of ketones is 1. The molecule has 0 heterocycles. The van der Waals surface area contributed by atoms with Crippen molar-refractivity contribution in [2.75, 3.05) is 20.8 Å². The fraction of sp³-hybridized carbons (Fsp3) is 0.417. The van der Waals surface area contributed by atoms with E-state index in [1.54, 1.807) is 7.11 Å². The Morgan fingerprint density at radius 2 is 2.12 bits per heavy atom. The Morgan fingerprint density at radius 3 is 2.75 bits per heavy atom. The molecule has 0 fully saturated rings. The minimum absolute atomic E-state index is 0.101. The zero-order valence-corrected chi connectivity index (χ0v) is 11.0. The molecule has 16 heavy (non-hydrogen) atoms.